The van der Waals surface area contributed by atoms with E-state index in [1.165, 1.54) is 0 Å². The first kappa shape index (κ1) is 15.5. The topological polar surface area (TPSA) is 47.6 Å². The van der Waals surface area contributed by atoms with Gasteiger partial charge in [-0.25, -0.2) is 0 Å². The van der Waals surface area contributed by atoms with Crippen LogP contribution in [0.2, 0.25) is 0 Å². The number of ether oxygens (including phenoxy) is 2. The second-order valence-corrected chi connectivity index (χ2v) is 4.37. The van der Waals surface area contributed by atoms with E-state index in [-0.39, 0.29) is 18.1 Å². The normalized spacial score (nSPS) is 13.7. The molecule has 0 radical (unpaired) electrons. The van der Waals surface area contributed by atoms with Gasteiger partial charge in [-0.1, -0.05) is 19.1 Å². The van der Waals surface area contributed by atoms with Crippen LogP contribution in [-0.4, -0.2) is 25.7 Å². The SMILES string of the molecule is CCOC(=O)C(CC)N[C@H](C)c1ccc(OC)cc1. The molecule has 1 aromatic carbocycles. The fourth-order valence-electron chi connectivity index (χ4n) is 1.89. The van der Waals surface area contributed by atoms with Crippen LogP contribution in [0, 0.1) is 0 Å². The predicted octanol–water partition coefficient (Wildman–Crippen LogP) is 2.69. The smallest absolute Gasteiger partial charge is 0.323 e. The number of esters is 1. The van der Waals surface area contributed by atoms with E-state index < -0.39 is 0 Å². The molecule has 1 rings (SSSR count). The molecule has 0 saturated carbocycles. The van der Waals surface area contributed by atoms with E-state index in [1.54, 1.807) is 7.11 Å². The molecule has 19 heavy (non-hydrogen) atoms. The summed E-state index contributed by atoms with van der Waals surface area (Å²) in [5.41, 5.74) is 1.11. The van der Waals surface area contributed by atoms with Gasteiger partial charge in [0.25, 0.3) is 0 Å². The van der Waals surface area contributed by atoms with Gasteiger partial charge in [-0.05, 0) is 38.0 Å². The van der Waals surface area contributed by atoms with E-state index in [9.17, 15) is 4.79 Å². The third-order valence-electron chi connectivity index (χ3n) is 3.05. The molecular formula is C15H23NO3. The Labute approximate surface area is 115 Å². The zero-order valence-electron chi connectivity index (χ0n) is 12.1. The summed E-state index contributed by atoms with van der Waals surface area (Å²) in [6.45, 7) is 6.23. The van der Waals surface area contributed by atoms with E-state index in [0.717, 1.165) is 11.3 Å². The fraction of sp³-hybridized carbons (Fsp3) is 0.533. The summed E-state index contributed by atoms with van der Waals surface area (Å²) in [4.78, 5) is 11.7. The van der Waals surface area contributed by atoms with Crippen LogP contribution in [-0.2, 0) is 9.53 Å². The minimum absolute atomic E-state index is 0.0836. The quantitative estimate of drug-likeness (QED) is 0.770. The highest BCUT2D eigenvalue weighted by atomic mass is 16.5. The monoisotopic (exact) mass is 265 g/mol. The molecule has 0 aromatic heterocycles. The summed E-state index contributed by atoms with van der Waals surface area (Å²) in [7, 11) is 1.64. The van der Waals surface area contributed by atoms with Crippen molar-refractivity contribution in [3.05, 3.63) is 29.8 Å². The molecule has 2 atom stereocenters. The Morgan fingerprint density at radius 3 is 2.37 bits per heavy atom. The fourth-order valence-corrected chi connectivity index (χ4v) is 1.89. The summed E-state index contributed by atoms with van der Waals surface area (Å²) in [5, 5.41) is 3.29. The van der Waals surface area contributed by atoms with Crippen molar-refractivity contribution in [2.45, 2.75) is 39.3 Å². The van der Waals surface area contributed by atoms with Crippen LogP contribution >= 0.6 is 0 Å². The van der Waals surface area contributed by atoms with Gasteiger partial charge in [0.2, 0.25) is 0 Å². The number of rotatable bonds is 7. The van der Waals surface area contributed by atoms with Crippen molar-refractivity contribution in [3.8, 4) is 5.75 Å². The lowest BCUT2D eigenvalue weighted by atomic mass is 10.1. The number of carbonyl (C=O) groups excluding carboxylic acids is 1. The van der Waals surface area contributed by atoms with Crippen LogP contribution in [0.15, 0.2) is 24.3 Å². The van der Waals surface area contributed by atoms with Crippen LogP contribution < -0.4 is 10.1 Å². The van der Waals surface area contributed by atoms with E-state index >= 15 is 0 Å². The van der Waals surface area contributed by atoms with Gasteiger partial charge in [-0.3, -0.25) is 10.1 Å². The van der Waals surface area contributed by atoms with Crippen LogP contribution in [0.5, 0.6) is 5.75 Å². The van der Waals surface area contributed by atoms with E-state index in [2.05, 4.69) is 5.32 Å². The predicted molar refractivity (Wildman–Crippen MR) is 75.3 cm³/mol. The van der Waals surface area contributed by atoms with Crippen LogP contribution in [0.3, 0.4) is 0 Å². The van der Waals surface area contributed by atoms with Crippen molar-refractivity contribution in [3.63, 3.8) is 0 Å². The van der Waals surface area contributed by atoms with Crippen LogP contribution in [0.25, 0.3) is 0 Å². The Hall–Kier alpha value is -1.55. The molecule has 0 aliphatic rings. The molecule has 1 aromatic rings. The maximum Gasteiger partial charge on any atom is 0.323 e. The number of hydrogen-bond acceptors (Lipinski definition) is 4. The molecule has 4 heteroatoms. The average Bonchev–Trinajstić information content (AvgIpc) is 2.44. The maximum atomic E-state index is 11.7. The summed E-state index contributed by atoms with van der Waals surface area (Å²) < 4.78 is 10.2. The molecule has 0 bridgehead atoms. The summed E-state index contributed by atoms with van der Waals surface area (Å²) in [6, 6.07) is 7.64. The molecule has 1 unspecified atom stereocenters. The van der Waals surface area contributed by atoms with E-state index in [1.807, 2.05) is 45.0 Å². The van der Waals surface area contributed by atoms with Gasteiger partial charge in [0.1, 0.15) is 11.8 Å². The minimum Gasteiger partial charge on any atom is -0.497 e. The molecule has 4 nitrogen and oxygen atoms in total. The first-order valence-electron chi connectivity index (χ1n) is 6.69. The number of nitrogens with one attached hydrogen (secondary N) is 1. The molecule has 0 heterocycles. The Balaban J connectivity index is 2.65. The molecule has 0 fully saturated rings. The van der Waals surface area contributed by atoms with Gasteiger partial charge >= 0.3 is 5.97 Å². The van der Waals surface area contributed by atoms with Crippen molar-refractivity contribution in [2.75, 3.05) is 13.7 Å². The zero-order chi connectivity index (χ0) is 14.3. The minimum atomic E-state index is -0.267. The van der Waals surface area contributed by atoms with Gasteiger partial charge in [-0.15, -0.1) is 0 Å². The van der Waals surface area contributed by atoms with Crippen molar-refractivity contribution in [2.24, 2.45) is 0 Å². The highest BCUT2D eigenvalue weighted by Gasteiger charge is 2.20. The highest BCUT2D eigenvalue weighted by molar-refractivity contribution is 5.75. The van der Waals surface area contributed by atoms with Crippen molar-refractivity contribution < 1.29 is 14.3 Å². The van der Waals surface area contributed by atoms with Gasteiger partial charge in [-0.2, -0.15) is 0 Å². The van der Waals surface area contributed by atoms with Crippen LogP contribution in [0.1, 0.15) is 38.8 Å². The lowest BCUT2D eigenvalue weighted by molar-refractivity contribution is -0.146. The second kappa shape index (κ2) is 7.79. The lowest BCUT2D eigenvalue weighted by Gasteiger charge is -2.21. The standard InChI is InChI=1S/C15H23NO3/c1-5-14(15(17)19-6-2)16-11(3)12-7-9-13(18-4)10-8-12/h7-11,14,16H,5-6H2,1-4H3/t11-,14?/m1/s1. The van der Waals surface area contributed by atoms with E-state index in [4.69, 9.17) is 9.47 Å². The Morgan fingerprint density at radius 1 is 1.26 bits per heavy atom. The molecule has 106 valence electrons. The largest absolute Gasteiger partial charge is 0.497 e. The lowest BCUT2D eigenvalue weighted by Crippen LogP contribution is -2.39. The zero-order valence-corrected chi connectivity index (χ0v) is 12.1. The maximum absolute atomic E-state index is 11.7. The average molecular weight is 265 g/mol. The Morgan fingerprint density at radius 2 is 1.89 bits per heavy atom. The number of hydrogen-bond donors (Lipinski definition) is 1. The summed E-state index contributed by atoms with van der Waals surface area (Å²) >= 11 is 0. The van der Waals surface area contributed by atoms with Gasteiger partial charge in [0.15, 0.2) is 0 Å². The molecule has 1 N–H and O–H groups in total. The molecule has 0 amide bonds. The number of carbonyl (C=O) groups is 1. The second-order valence-electron chi connectivity index (χ2n) is 4.37. The van der Waals surface area contributed by atoms with Crippen molar-refractivity contribution in [1.29, 1.82) is 0 Å². The Kier molecular flexibility index (Phi) is 6.36. The van der Waals surface area contributed by atoms with Gasteiger partial charge in [0, 0.05) is 6.04 Å². The van der Waals surface area contributed by atoms with Crippen molar-refractivity contribution >= 4 is 5.97 Å². The highest BCUT2D eigenvalue weighted by Crippen LogP contribution is 2.18. The first-order valence-corrected chi connectivity index (χ1v) is 6.69. The number of benzene rings is 1. The summed E-state index contributed by atoms with van der Waals surface area (Å²) in [6.07, 6.45) is 0.708. The Bertz CT molecular complexity index is 389. The molecule has 0 aliphatic heterocycles. The van der Waals surface area contributed by atoms with E-state index in [0.29, 0.717) is 13.0 Å². The first-order chi connectivity index (χ1) is 9.12. The van der Waals surface area contributed by atoms with Gasteiger partial charge < -0.3 is 9.47 Å². The molecular weight excluding hydrogens is 242 g/mol. The summed E-state index contributed by atoms with van der Waals surface area (Å²) in [5.74, 6) is 0.638. The molecule has 0 saturated heterocycles. The third kappa shape index (κ3) is 4.56. The van der Waals surface area contributed by atoms with Crippen molar-refractivity contribution in [1.82, 2.24) is 5.32 Å². The molecule has 0 spiro atoms. The van der Waals surface area contributed by atoms with Crippen LogP contribution in [0.4, 0.5) is 0 Å². The van der Waals surface area contributed by atoms with Gasteiger partial charge in [0.05, 0.1) is 13.7 Å². The molecule has 0 aliphatic carbocycles. The third-order valence-corrected chi connectivity index (χ3v) is 3.05. The number of methoxy groups -OCH3 is 1.